The fourth-order valence-corrected chi connectivity index (χ4v) is 2.09. The number of nitrogens with one attached hydrogen (secondary N) is 2. The van der Waals surface area contributed by atoms with Gasteiger partial charge in [-0.2, -0.15) is 5.10 Å². The van der Waals surface area contributed by atoms with E-state index in [9.17, 15) is 0 Å². The van der Waals surface area contributed by atoms with E-state index in [1.807, 2.05) is 24.7 Å². The van der Waals surface area contributed by atoms with E-state index in [1.165, 1.54) is 5.56 Å². The molecule has 1 aromatic heterocycles. The van der Waals surface area contributed by atoms with Crippen LogP contribution in [0.3, 0.4) is 0 Å². The molecular formula is C15H20N4S. The van der Waals surface area contributed by atoms with Gasteiger partial charge in [0.2, 0.25) is 0 Å². The molecule has 0 saturated heterocycles. The molecule has 2 aromatic rings. The first kappa shape index (κ1) is 14.5. The van der Waals surface area contributed by atoms with E-state index in [-0.39, 0.29) is 0 Å². The number of rotatable bonds is 5. The lowest BCUT2D eigenvalue weighted by Gasteiger charge is -2.09. The van der Waals surface area contributed by atoms with Crippen molar-refractivity contribution in [1.82, 2.24) is 20.4 Å². The largest absolute Gasteiger partial charge is 0.362 e. The van der Waals surface area contributed by atoms with Gasteiger partial charge in [0, 0.05) is 19.3 Å². The number of aromatic nitrogens is 2. The predicted octanol–water partition coefficient (Wildman–Crippen LogP) is 1.94. The van der Waals surface area contributed by atoms with Crippen LogP contribution in [0.4, 0.5) is 0 Å². The zero-order valence-corrected chi connectivity index (χ0v) is 12.7. The van der Waals surface area contributed by atoms with Gasteiger partial charge < -0.3 is 10.6 Å². The molecule has 0 amide bonds. The molecule has 5 heteroatoms. The Morgan fingerprint density at radius 3 is 2.65 bits per heavy atom. The van der Waals surface area contributed by atoms with Crippen molar-refractivity contribution >= 4 is 17.3 Å². The minimum absolute atomic E-state index is 0.652. The fraction of sp³-hybridized carbons (Fsp3) is 0.333. The summed E-state index contributed by atoms with van der Waals surface area (Å²) in [5.74, 6) is 0. The number of hydrogen-bond donors (Lipinski definition) is 2. The lowest BCUT2D eigenvalue weighted by molar-refractivity contribution is 0.708. The summed E-state index contributed by atoms with van der Waals surface area (Å²) in [6, 6.07) is 12.4. The molecule has 0 radical (unpaired) electrons. The molecule has 106 valence electrons. The molecule has 1 heterocycles. The van der Waals surface area contributed by atoms with Gasteiger partial charge in [0.15, 0.2) is 5.11 Å². The van der Waals surface area contributed by atoms with Crippen molar-refractivity contribution in [2.75, 3.05) is 6.54 Å². The van der Waals surface area contributed by atoms with E-state index < -0.39 is 0 Å². The quantitative estimate of drug-likeness (QED) is 0.825. The maximum atomic E-state index is 5.25. The molecule has 0 unspecified atom stereocenters. The Hall–Kier alpha value is -1.88. The van der Waals surface area contributed by atoms with Gasteiger partial charge in [-0.1, -0.05) is 30.3 Å². The molecule has 0 aliphatic heterocycles. The van der Waals surface area contributed by atoms with Crippen LogP contribution in [0, 0.1) is 6.92 Å². The summed E-state index contributed by atoms with van der Waals surface area (Å²) in [6.45, 7) is 3.52. The third-order valence-corrected chi connectivity index (χ3v) is 3.43. The number of hydrogen-bond acceptors (Lipinski definition) is 2. The van der Waals surface area contributed by atoms with Gasteiger partial charge in [-0.25, -0.2) is 0 Å². The van der Waals surface area contributed by atoms with Crippen LogP contribution in [-0.4, -0.2) is 21.4 Å². The predicted molar refractivity (Wildman–Crippen MR) is 85.5 cm³/mol. The first-order valence-corrected chi connectivity index (χ1v) is 7.11. The van der Waals surface area contributed by atoms with Gasteiger partial charge >= 0.3 is 0 Å². The Morgan fingerprint density at radius 1 is 1.25 bits per heavy atom. The van der Waals surface area contributed by atoms with Gasteiger partial charge in [0.05, 0.1) is 12.2 Å². The topological polar surface area (TPSA) is 41.9 Å². The smallest absolute Gasteiger partial charge is 0.166 e. The molecule has 0 saturated carbocycles. The standard InChI is InChI=1S/C15H20N4S/c1-12-10-14(18-19(12)2)11-17-15(20)16-9-8-13-6-4-3-5-7-13/h3-7,10H,8-9,11H2,1-2H3,(H2,16,17,20). The normalized spacial score (nSPS) is 10.3. The van der Waals surface area contributed by atoms with Gasteiger partial charge in [-0.15, -0.1) is 0 Å². The van der Waals surface area contributed by atoms with E-state index in [0.29, 0.717) is 11.7 Å². The maximum Gasteiger partial charge on any atom is 0.166 e. The second kappa shape index (κ2) is 7.05. The lowest BCUT2D eigenvalue weighted by atomic mass is 10.1. The molecular weight excluding hydrogens is 268 g/mol. The Bertz CT molecular complexity index is 543. The first-order chi connectivity index (χ1) is 9.65. The summed E-state index contributed by atoms with van der Waals surface area (Å²) in [5, 5.41) is 11.4. The molecule has 2 N–H and O–H groups in total. The lowest BCUT2D eigenvalue weighted by Crippen LogP contribution is -2.36. The molecule has 4 nitrogen and oxygen atoms in total. The zero-order valence-electron chi connectivity index (χ0n) is 11.9. The third kappa shape index (κ3) is 4.35. The average molecular weight is 288 g/mol. The minimum atomic E-state index is 0.652. The van der Waals surface area contributed by atoms with E-state index in [0.717, 1.165) is 24.4 Å². The van der Waals surface area contributed by atoms with Crippen molar-refractivity contribution < 1.29 is 0 Å². The summed E-state index contributed by atoms with van der Waals surface area (Å²) < 4.78 is 1.86. The summed E-state index contributed by atoms with van der Waals surface area (Å²) in [6.07, 6.45) is 0.964. The molecule has 0 atom stereocenters. The fourth-order valence-electron chi connectivity index (χ4n) is 1.92. The number of thiocarbonyl (C=S) groups is 1. The minimum Gasteiger partial charge on any atom is -0.362 e. The molecule has 1 aromatic carbocycles. The van der Waals surface area contributed by atoms with Crippen molar-refractivity contribution in [3.8, 4) is 0 Å². The average Bonchev–Trinajstić information content (AvgIpc) is 2.77. The molecule has 0 aliphatic rings. The highest BCUT2D eigenvalue weighted by atomic mass is 32.1. The highest BCUT2D eigenvalue weighted by molar-refractivity contribution is 7.80. The van der Waals surface area contributed by atoms with Crippen LogP contribution in [0.1, 0.15) is 17.0 Å². The van der Waals surface area contributed by atoms with E-state index >= 15 is 0 Å². The SMILES string of the molecule is Cc1cc(CNC(=S)NCCc2ccccc2)nn1C. The van der Waals surface area contributed by atoms with Gasteiger partial charge in [-0.3, -0.25) is 4.68 Å². The molecule has 0 bridgehead atoms. The van der Waals surface area contributed by atoms with Crippen LogP contribution < -0.4 is 10.6 Å². The van der Waals surface area contributed by atoms with E-state index in [1.54, 1.807) is 0 Å². The molecule has 0 spiro atoms. The zero-order chi connectivity index (χ0) is 14.4. The monoisotopic (exact) mass is 288 g/mol. The summed E-state index contributed by atoms with van der Waals surface area (Å²) in [5.41, 5.74) is 3.45. The van der Waals surface area contributed by atoms with Gasteiger partial charge in [-0.05, 0) is 37.2 Å². The second-order valence-electron chi connectivity index (χ2n) is 4.75. The Kier molecular flexibility index (Phi) is 5.12. The maximum absolute atomic E-state index is 5.25. The summed E-state index contributed by atoms with van der Waals surface area (Å²) in [7, 11) is 1.94. The number of benzene rings is 1. The number of aryl methyl sites for hydroxylation is 2. The van der Waals surface area contributed by atoms with Gasteiger partial charge in [0.25, 0.3) is 0 Å². The van der Waals surface area contributed by atoms with Crippen LogP contribution in [0.2, 0.25) is 0 Å². The first-order valence-electron chi connectivity index (χ1n) is 6.70. The molecule has 0 aliphatic carbocycles. The molecule has 0 fully saturated rings. The Morgan fingerprint density at radius 2 is 2.00 bits per heavy atom. The molecule has 20 heavy (non-hydrogen) atoms. The van der Waals surface area contributed by atoms with Crippen LogP contribution in [0.15, 0.2) is 36.4 Å². The summed E-state index contributed by atoms with van der Waals surface area (Å²) >= 11 is 5.25. The van der Waals surface area contributed by atoms with Crippen molar-refractivity contribution in [3.05, 3.63) is 53.3 Å². The van der Waals surface area contributed by atoms with Crippen LogP contribution in [0.25, 0.3) is 0 Å². The van der Waals surface area contributed by atoms with Crippen molar-refractivity contribution in [1.29, 1.82) is 0 Å². The van der Waals surface area contributed by atoms with Crippen LogP contribution in [0.5, 0.6) is 0 Å². The Balaban J connectivity index is 1.68. The van der Waals surface area contributed by atoms with E-state index in [2.05, 4.69) is 46.1 Å². The van der Waals surface area contributed by atoms with Gasteiger partial charge in [0.1, 0.15) is 0 Å². The number of nitrogens with zero attached hydrogens (tertiary/aromatic N) is 2. The second-order valence-corrected chi connectivity index (χ2v) is 5.15. The highest BCUT2D eigenvalue weighted by Gasteiger charge is 2.02. The van der Waals surface area contributed by atoms with Crippen molar-refractivity contribution in [3.63, 3.8) is 0 Å². The Labute approximate surface area is 125 Å². The van der Waals surface area contributed by atoms with Crippen molar-refractivity contribution in [2.24, 2.45) is 7.05 Å². The van der Waals surface area contributed by atoms with Crippen LogP contribution >= 0.6 is 12.2 Å². The third-order valence-electron chi connectivity index (χ3n) is 3.14. The van der Waals surface area contributed by atoms with Crippen LogP contribution in [-0.2, 0) is 20.0 Å². The summed E-state index contributed by atoms with van der Waals surface area (Å²) in [4.78, 5) is 0. The molecule has 2 rings (SSSR count). The highest BCUT2D eigenvalue weighted by Crippen LogP contribution is 2.00. The van der Waals surface area contributed by atoms with Crippen molar-refractivity contribution in [2.45, 2.75) is 19.9 Å². The van der Waals surface area contributed by atoms with E-state index in [4.69, 9.17) is 12.2 Å².